The van der Waals surface area contributed by atoms with Crippen molar-refractivity contribution in [3.63, 3.8) is 0 Å². The van der Waals surface area contributed by atoms with Crippen LogP contribution in [0.1, 0.15) is 25.3 Å². The number of rotatable bonds is 2. The molecular weight excluding hydrogens is 307 g/mol. The lowest BCUT2D eigenvalue weighted by atomic mass is 9.97. The van der Waals surface area contributed by atoms with Gasteiger partial charge in [0.05, 0.1) is 16.1 Å². The number of hydrogen-bond acceptors (Lipinski definition) is 2. The highest BCUT2D eigenvalue weighted by atomic mass is 35.5. The Hall–Kier alpha value is -1.21. The standard InChI is InChI=1S/C16H18Cl2N2O/c1-11(20-16(21)13-6-8-19-9-7-13)2-3-12-4-5-14(17)15(18)10-12/h4-5,10-11,13,19H,6-9H2,1H3,(H,20,21). The van der Waals surface area contributed by atoms with Crippen molar-refractivity contribution < 1.29 is 4.79 Å². The number of nitrogens with one attached hydrogen (secondary N) is 2. The summed E-state index contributed by atoms with van der Waals surface area (Å²) >= 11 is 11.8. The molecule has 3 nitrogen and oxygen atoms in total. The van der Waals surface area contributed by atoms with Crippen molar-refractivity contribution in [2.24, 2.45) is 5.92 Å². The summed E-state index contributed by atoms with van der Waals surface area (Å²) in [6.45, 7) is 3.69. The van der Waals surface area contributed by atoms with E-state index in [9.17, 15) is 4.79 Å². The number of halogens is 2. The highest BCUT2D eigenvalue weighted by Crippen LogP contribution is 2.22. The Morgan fingerprint density at radius 3 is 2.71 bits per heavy atom. The summed E-state index contributed by atoms with van der Waals surface area (Å²) in [4.78, 5) is 12.1. The second-order valence-electron chi connectivity index (χ2n) is 5.15. The van der Waals surface area contributed by atoms with Gasteiger partial charge < -0.3 is 10.6 Å². The Labute approximate surface area is 135 Å². The van der Waals surface area contributed by atoms with Crippen LogP contribution in [0.5, 0.6) is 0 Å². The Morgan fingerprint density at radius 1 is 1.33 bits per heavy atom. The average Bonchev–Trinajstić information content (AvgIpc) is 2.49. The van der Waals surface area contributed by atoms with Crippen LogP contribution in [0.15, 0.2) is 18.2 Å². The number of amides is 1. The molecule has 2 rings (SSSR count). The summed E-state index contributed by atoms with van der Waals surface area (Å²) in [6, 6.07) is 5.05. The maximum Gasteiger partial charge on any atom is 0.224 e. The third-order valence-electron chi connectivity index (χ3n) is 3.42. The second kappa shape index (κ2) is 7.70. The number of hydrogen-bond donors (Lipinski definition) is 2. The minimum absolute atomic E-state index is 0.0902. The van der Waals surface area contributed by atoms with Gasteiger partial charge >= 0.3 is 0 Å². The summed E-state index contributed by atoms with van der Waals surface area (Å²) in [5, 5.41) is 7.18. The monoisotopic (exact) mass is 324 g/mol. The van der Waals surface area contributed by atoms with Crippen molar-refractivity contribution in [2.45, 2.75) is 25.8 Å². The Morgan fingerprint density at radius 2 is 2.05 bits per heavy atom. The fraction of sp³-hybridized carbons (Fsp3) is 0.438. The molecule has 0 aliphatic carbocycles. The maximum absolute atomic E-state index is 12.1. The zero-order valence-corrected chi connectivity index (χ0v) is 13.4. The molecule has 1 saturated heterocycles. The largest absolute Gasteiger partial charge is 0.342 e. The summed E-state index contributed by atoms with van der Waals surface area (Å²) in [6.07, 6.45) is 1.78. The van der Waals surface area contributed by atoms with E-state index in [4.69, 9.17) is 23.2 Å². The van der Waals surface area contributed by atoms with Gasteiger partial charge in [-0.25, -0.2) is 0 Å². The van der Waals surface area contributed by atoms with Crippen LogP contribution in [0.4, 0.5) is 0 Å². The highest BCUT2D eigenvalue weighted by Gasteiger charge is 2.21. The minimum Gasteiger partial charge on any atom is -0.342 e. The van der Waals surface area contributed by atoms with E-state index < -0.39 is 0 Å². The zero-order valence-electron chi connectivity index (χ0n) is 11.9. The van der Waals surface area contributed by atoms with Crippen molar-refractivity contribution in [1.82, 2.24) is 10.6 Å². The first-order chi connectivity index (χ1) is 10.1. The van der Waals surface area contributed by atoms with Crippen molar-refractivity contribution in [3.05, 3.63) is 33.8 Å². The van der Waals surface area contributed by atoms with Gasteiger partial charge in [0.2, 0.25) is 5.91 Å². The second-order valence-corrected chi connectivity index (χ2v) is 5.97. The van der Waals surface area contributed by atoms with E-state index in [-0.39, 0.29) is 17.9 Å². The molecule has 1 aliphatic heterocycles. The molecular formula is C16H18Cl2N2O. The molecule has 1 amide bonds. The van der Waals surface area contributed by atoms with Gasteiger partial charge in [0.1, 0.15) is 0 Å². The van der Waals surface area contributed by atoms with Crippen LogP contribution >= 0.6 is 23.2 Å². The fourth-order valence-electron chi connectivity index (χ4n) is 2.22. The smallest absolute Gasteiger partial charge is 0.224 e. The fourth-order valence-corrected chi connectivity index (χ4v) is 2.51. The lowest BCUT2D eigenvalue weighted by Gasteiger charge is -2.22. The first kappa shape index (κ1) is 16.2. The van der Waals surface area contributed by atoms with Crippen LogP contribution in [0.25, 0.3) is 0 Å². The molecule has 2 N–H and O–H groups in total. The van der Waals surface area contributed by atoms with Gasteiger partial charge in [-0.3, -0.25) is 4.79 Å². The summed E-state index contributed by atoms with van der Waals surface area (Å²) in [7, 11) is 0. The van der Waals surface area contributed by atoms with Crippen LogP contribution in [-0.4, -0.2) is 25.0 Å². The summed E-state index contributed by atoms with van der Waals surface area (Å²) in [5.74, 6) is 6.20. The molecule has 5 heteroatoms. The van der Waals surface area contributed by atoms with Gasteiger partial charge in [0.25, 0.3) is 0 Å². The van der Waals surface area contributed by atoms with E-state index in [1.165, 1.54) is 0 Å². The highest BCUT2D eigenvalue weighted by molar-refractivity contribution is 6.42. The maximum atomic E-state index is 12.1. The van der Waals surface area contributed by atoms with E-state index >= 15 is 0 Å². The van der Waals surface area contributed by atoms with Crippen LogP contribution in [0.3, 0.4) is 0 Å². The normalized spacial score (nSPS) is 16.7. The molecule has 1 aromatic rings. The van der Waals surface area contributed by atoms with E-state index in [0.29, 0.717) is 10.0 Å². The number of piperidine rings is 1. The molecule has 1 fully saturated rings. The number of carbonyl (C=O) groups excluding carboxylic acids is 1. The Kier molecular flexibility index (Phi) is 5.93. The van der Waals surface area contributed by atoms with Crippen molar-refractivity contribution in [3.8, 4) is 11.8 Å². The van der Waals surface area contributed by atoms with Gasteiger partial charge in [-0.15, -0.1) is 0 Å². The lowest BCUT2D eigenvalue weighted by molar-refractivity contribution is -0.126. The third-order valence-corrected chi connectivity index (χ3v) is 4.16. The van der Waals surface area contributed by atoms with E-state index in [1.807, 2.05) is 13.0 Å². The van der Waals surface area contributed by atoms with E-state index in [2.05, 4.69) is 22.5 Å². The Balaban J connectivity index is 1.92. The Bertz CT molecular complexity index is 571. The average molecular weight is 325 g/mol. The molecule has 0 saturated carbocycles. The van der Waals surface area contributed by atoms with Gasteiger partial charge in [0, 0.05) is 11.5 Å². The predicted octanol–water partition coefficient (Wildman–Crippen LogP) is 2.85. The van der Waals surface area contributed by atoms with Gasteiger partial charge in [-0.05, 0) is 51.1 Å². The van der Waals surface area contributed by atoms with E-state index in [0.717, 1.165) is 31.5 Å². The molecule has 1 unspecified atom stereocenters. The molecule has 0 spiro atoms. The molecule has 1 aliphatic rings. The summed E-state index contributed by atoms with van der Waals surface area (Å²) in [5.41, 5.74) is 0.785. The molecule has 1 atom stereocenters. The summed E-state index contributed by atoms with van der Waals surface area (Å²) < 4.78 is 0. The van der Waals surface area contributed by atoms with Crippen LogP contribution in [0, 0.1) is 17.8 Å². The molecule has 0 bridgehead atoms. The van der Waals surface area contributed by atoms with Gasteiger partial charge in [0.15, 0.2) is 0 Å². The van der Waals surface area contributed by atoms with Crippen molar-refractivity contribution in [1.29, 1.82) is 0 Å². The van der Waals surface area contributed by atoms with Crippen LogP contribution in [0.2, 0.25) is 10.0 Å². The van der Waals surface area contributed by atoms with Gasteiger partial charge in [-0.1, -0.05) is 35.0 Å². The zero-order chi connectivity index (χ0) is 15.2. The van der Waals surface area contributed by atoms with Crippen molar-refractivity contribution >= 4 is 29.1 Å². The first-order valence-electron chi connectivity index (χ1n) is 7.04. The van der Waals surface area contributed by atoms with Crippen LogP contribution < -0.4 is 10.6 Å². The molecule has 1 heterocycles. The first-order valence-corrected chi connectivity index (χ1v) is 7.79. The third kappa shape index (κ3) is 4.93. The SMILES string of the molecule is CC(C#Cc1ccc(Cl)c(Cl)c1)NC(=O)C1CCNCC1. The number of carbonyl (C=O) groups is 1. The number of benzene rings is 1. The van der Waals surface area contributed by atoms with E-state index in [1.54, 1.807) is 12.1 Å². The van der Waals surface area contributed by atoms with Gasteiger partial charge in [-0.2, -0.15) is 0 Å². The molecule has 21 heavy (non-hydrogen) atoms. The molecule has 112 valence electrons. The quantitative estimate of drug-likeness (QED) is 0.821. The topological polar surface area (TPSA) is 41.1 Å². The van der Waals surface area contributed by atoms with Crippen molar-refractivity contribution in [2.75, 3.05) is 13.1 Å². The molecule has 0 radical (unpaired) electrons. The van der Waals surface area contributed by atoms with Crippen LogP contribution in [-0.2, 0) is 4.79 Å². The molecule has 1 aromatic carbocycles. The predicted molar refractivity (Wildman–Crippen MR) is 86.5 cm³/mol. The minimum atomic E-state index is -0.193. The lowest BCUT2D eigenvalue weighted by Crippen LogP contribution is -2.41. The molecule has 0 aromatic heterocycles.